The van der Waals surface area contributed by atoms with Crippen molar-refractivity contribution in [1.29, 1.82) is 0 Å². The Hall–Kier alpha value is -1.36. The quantitative estimate of drug-likeness (QED) is 0.0370. The van der Waals surface area contributed by atoms with E-state index in [0.29, 0.717) is 17.1 Å². The summed E-state index contributed by atoms with van der Waals surface area (Å²) in [5.74, 6) is 5.11. The molecule has 0 aromatic rings. The Bertz CT molecular complexity index is 1830. The second-order valence-electron chi connectivity index (χ2n) is 24.2. The summed E-state index contributed by atoms with van der Waals surface area (Å²) in [6, 6.07) is -4.04. The van der Waals surface area contributed by atoms with Crippen LogP contribution in [0.1, 0.15) is 112 Å². The Morgan fingerprint density at radius 1 is 0.827 bits per heavy atom. The van der Waals surface area contributed by atoms with Crippen molar-refractivity contribution >= 4 is 17.9 Å². The van der Waals surface area contributed by atoms with E-state index in [1.54, 1.807) is 0 Å². The molecule has 21 nitrogen and oxygen atoms in total. The lowest BCUT2D eigenvalue weighted by Gasteiger charge is -2.58. The lowest BCUT2D eigenvalue weighted by Crippen LogP contribution is -2.67. The van der Waals surface area contributed by atoms with Gasteiger partial charge in [0.15, 0.2) is 12.6 Å². The first-order chi connectivity index (χ1) is 35.7. The fourth-order valence-electron chi connectivity index (χ4n) is 14.6. The van der Waals surface area contributed by atoms with Crippen molar-refractivity contribution in [3.63, 3.8) is 0 Å². The van der Waals surface area contributed by atoms with E-state index in [4.69, 9.17) is 67.6 Å². The number of rotatable bonds is 23. The maximum absolute atomic E-state index is 13.3. The summed E-state index contributed by atoms with van der Waals surface area (Å²) in [7, 11) is 0. The van der Waals surface area contributed by atoms with E-state index >= 15 is 0 Å². The lowest BCUT2D eigenvalue weighted by molar-refractivity contribution is -0.301. The zero-order valence-corrected chi connectivity index (χ0v) is 46.0. The van der Waals surface area contributed by atoms with E-state index in [-0.39, 0.29) is 43.3 Å². The zero-order chi connectivity index (χ0) is 54.5. The average molecular weight is 1090 g/mol. The summed E-state index contributed by atoms with van der Waals surface area (Å²) < 4.78 is 42.3. The molecule has 2 aliphatic heterocycles. The van der Waals surface area contributed by atoms with Crippen molar-refractivity contribution in [2.75, 3.05) is 44.5 Å². The van der Waals surface area contributed by atoms with Crippen LogP contribution in [-0.4, -0.2) is 191 Å². The van der Waals surface area contributed by atoms with E-state index in [2.05, 4.69) is 46.0 Å². The Labute approximate surface area is 448 Å². The van der Waals surface area contributed by atoms with Gasteiger partial charge in [-0.15, -0.1) is 0 Å². The third-order valence-electron chi connectivity index (χ3n) is 19.1. The van der Waals surface area contributed by atoms with Crippen LogP contribution >= 0.6 is 11.8 Å². The predicted octanol–water partition coefficient (Wildman–Crippen LogP) is 0.231. The molecule has 19 N–H and O–H groups in total. The van der Waals surface area contributed by atoms with Crippen LogP contribution in [0.15, 0.2) is 11.6 Å². The first kappa shape index (κ1) is 61.3. The van der Waals surface area contributed by atoms with Crippen molar-refractivity contribution in [2.24, 2.45) is 80.7 Å². The number of ether oxygens (including phenoxy) is 7. The Morgan fingerprint density at radius 2 is 1.51 bits per heavy atom. The van der Waals surface area contributed by atoms with Crippen molar-refractivity contribution in [2.45, 2.75) is 222 Å². The molecular weight excluding hydrogens is 991 g/mol. The lowest BCUT2D eigenvalue weighted by atomic mass is 9.47. The molecule has 25 atom stereocenters. The van der Waals surface area contributed by atoms with Gasteiger partial charge < -0.3 is 104 Å². The second-order valence-corrected chi connectivity index (χ2v) is 25.4. The van der Waals surface area contributed by atoms with Gasteiger partial charge in [-0.2, -0.15) is 11.8 Å². The number of hydrogen-bond donors (Lipinski definition) is 13. The average Bonchev–Trinajstić information content (AvgIpc) is 3.75. The number of allylic oxidation sites excluding steroid dienone is 1. The number of nitrogens with one attached hydrogen (secondary N) is 1. The molecule has 0 aromatic carbocycles. The van der Waals surface area contributed by atoms with Crippen LogP contribution in [0.25, 0.3) is 0 Å². The molecule has 434 valence electrons. The molecule has 75 heavy (non-hydrogen) atoms. The molecular formula is C53H97N7O14S. The molecule has 15 unspecified atom stereocenters. The monoisotopic (exact) mass is 1090 g/mol. The third kappa shape index (κ3) is 13.7. The highest BCUT2D eigenvalue weighted by Gasteiger charge is 2.59. The predicted molar refractivity (Wildman–Crippen MR) is 282 cm³/mol. The molecule has 22 heteroatoms. The van der Waals surface area contributed by atoms with Crippen LogP contribution in [0.2, 0.25) is 0 Å². The molecule has 5 aliphatic carbocycles. The zero-order valence-electron chi connectivity index (χ0n) is 45.2. The van der Waals surface area contributed by atoms with Gasteiger partial charge in [-0.25, -0.2) is 4.79 Å². The fourth-order valence-corrected chi connectivity index (χ4v) is 15.6. The van der Waals surface area contributed by atoms with Gasteiger partial charge in [0, 0.05) is 49.6 Å². The van der Waals surface area contributed by atoms with Gasteiger partial charge in [0.05, 0.1) is 30.9 Å². The minimum Gasteiger partial charge on any atom is -0.446 e. The number of fused-ring (bicyclic) bond motifs is 5. The molecule has 6 fully saturated rings. The van der Waals surface area contributed by atoms with Crippen LogP contribution in [-0.2, 0) is 33.2 Å². The molecule has 0 spiro atoms. The van der Waals surface area contributed by atoms with Gasteiger partial charge in [-0.1, -0.05) is 65.5 Å². The summed E-state index contributed by atoms with van der Waals surface area (Å²) in [4.78, 5) is 13.3. The first-order valence-electron chi connectivity index (χ1n) is 28.2. The Morgan fingerprint density at radius 3 is 2.17 bits per heavy atom. The normalized spacial score (nSPS) is 44.2. The van der Waals surface area contributed by atoms with Gasteiger partial charge in [-0.3, -0.25) is 0 Å². The molecule has 4 saturated carbocycles. The number of thioether (sulfide) groups is 1. The Kier molecular flexibility index (Phi) is 22.0. The van der Waals surface area contributed by atoms with E-state index < -0.39 is 123 Å². The number of hydrogen-bond acceptors (Lipinski definition) is 21. The number of aliphatic hydroxyl groups is 6. The van der Waals surface area contributed by atoms with Gasteiger partial charge in [0.1, 0.15) is 67.8 Å². The van der Waals surface area contributed by atoms with Gasteiger partial charge in [0.2, 0.25) is 0 Å². The largest absolute Gasteiger partial charge is 0.446 e. The smallest absolute Gasteiger partial charge is 0.407 e. The van der Waals surface area contributed by atoms with E-state index in [9.17, 15) is 35.4 Å². The number of nitrogens with two attached hydrogens (primary N) is 6. The first-order valence-corrected chi connectivity index (χ1v) is 29.3. The van der Waals surface area contributed by atoms with Crippen molar-refractivity contribution < 1.29 is 68.6 Å². The fraction of sp³-hybridized carbons (Fsp3) is 0.943. The molecule has 2 saturated heterocycles. The SMILES string of the molecule is CC(C)CCC[C@@H](C)C1CCC2C3CC=C4CC(OC(=O)NCCSC[C@@H](OCOC5C(O)[C@H](N)CC(N)[C@H]5O[C@H]5OC(CN)[C@@H](O)C(O)C5N)C(CO)O[C@H]5OC(CN)[C@@H](O)C(O)C5N)CC[C@]4(C)C3CC[C@@]21C. The van der Waals surface area contributed by atoms with Crippen LogP contribution < -0.4 is 39.7 Å². The van der Waals surface area contributed by atoms with Crippen molar-refractivity contribution in [3.05, 3.63) is 11.6 Å². The van der Waals surface area contributed by atoms with Gasteiger partial charge >= 0.3 is 6.09 Å². The minimum atomic E-state index is -1.44. The standard InChI is InChI=1S/C53H97N7O14S/c1-26(2)7-6-8-27(3)31-11-12-32-30-10-9-28-19-29(13-15-52(28,4)33(30)14-16-53(31,32)5)70-51(67)60-17-18-75-24-39(38(23-61)73-49-40(58)45(65)43(63)36(21-54)71-49)68-25-69-48-42(62)34(56)20-35(57)47(48)74-50-41(59)46(66)44(64)37(22-55)72-50/h9,26-27,29-50,61-66H,6-8,10-25,54-59H2,1-5H3,(H,60,67)/t27-,29?,30?,31?,32?,33?,34-,35?,36?,37?,38?,39-,40?,41?,42?,43-,44-,45?,46?,47-,48?,49-,50-,52+,53-/m1/s1. The van der Waals surface area contributed by atoms with E-state index in [1.807, 2.05) is 0 Å². The van der Waals surface area contributed by atoms with Crippen LogP contribution in [0, 0.1) is 46.3 Å². The highest BCUT2D eigenvalue weighted by atomic mass is 32.2. The second kappa shape index (κ2) is 26.9. The number of amides is 1. The summed E-state index contributed by atoms with van der Waals surface area (Å²) in [6.07, 6.45) is -0.916. The molecule has 0 aromatic heterocycles. The maximum Gasteiger partial charge on any atom is 0.407 e. The van der Waals surface area contributed by atoms with Crippen molar-refractivity contribution in [1.82, 2.24) is 5.32 Å². The van der Waals surface area contributed by atoms with Gasteiger partial charge in [-0.05, 0) is 97.7 Å². The summed E-state index contributed by atoms with van der Waals surface area (Å²) in [5.41, 5.74) is 38.8. The molecule has 2 heterocycles. The van der Waals surface area contributed by atoms with Crippen LogP contribution in [0.5, 0.6) is 0 Å². The molecule has 1 amide bonds. The van der Waals surface area contributed by atoms with E-state index in [0.717, 1.165) is 55.3 Å². The topological polar surface area (TPSA) is 371 Å². The summed E-state index contributed by atoms with van der Waals surface area (Å²) in [5, 5.41) is 67.1. The number of aliphatic hydroxyl groups excluding tert-OH is 6. The number of carbonyl (C=O) groups is 1. The molecule has 7 aliphatic rings. The maximum atomic E-state index is 13.3. The minimum absolute atomic E-state index is 0.130. The van der Waals surface area contributed by atoms with Gasteiger partial charge in [0.25, 0.3) is 0 Å². The highest BCUT2D eigenvalue weighted by molar-refractivity contribution is 7.99. The van der Waals surface area contributed by atoms with Crippen LogP contribution in [0.4, 0.5) is 4.79 Å². The Balaban J connectivity index is 0.928. The highest BCUT2D eigenvalue weighted by Crippen LogP contribution is 2.67. The molecule has 0 bridgehead atoms. The van der Waals surface area contributed by atoms with E-state index in [1.165, 1.54) is 62.3 Å². The van der Waals surface area contributed by atoms with Crippen molar-refractivity contribution in [3.8, 4) is 0 Å². The number of alkyl carbamates (subject to hydrolysis) is 1. The molecule has 7 rings (SSSR count). The molecule has 0 radical (unpaired) electrons. The summed E-state index contributed by atoms with van der Waals surface area (Å²) in [6.45, 7) is 11.2. The van der Waals surface area contributed by atoms with Crippen LogP contribution in [0.3, 0.4) is 0 Å². The summed E-state index contributed by atoms with van der Waals surface area (Å²) >= 11 is 1.38. The number of carbonyl (C=O) groups excluding carboxylic acids is 1. The third-order valence-corrected chi connectivity index (χ3v) is 20.2.